The Morgan fingerprint density at radius 1 is 1.05 bits per heavy atom. The molecule has 6 atom stereocenters. The molecular weight excluding hydrogens is 256 g/mol. The minimum absolute atomic E-state index is 0.729. The van der Waals surface area contributed by atoms with E-state index >= 15 is 0 Å². The molecule has 124 valence electrons. The maximum atomic E-state index is 3.87. The summed E-state index contributed by atoms with van der Waals surface area (Å²) in [4.78, 5) is 2.88. The van der Waals surface area contributed by atoms with E-state index in [2.05, 4.69) is 44.8 Å². The van der Waals surface area contributed by atoms with Crippen LogP contribution in [0.1, 0.15) is 73.1 Å². The van der Waals surface area contributed by atoms with E-state index in [4.69, 9.17) is 0 Å². The summed E-state index contributed by atoms with van der Waals surface area (Å²) < 4.78 is 0. The summed E-state index contributed by atoms with van der Waals surface area (Å²) in [5.41, 5.74) is 0. The van der Waals surface area contributed by atoms with Gasteiger partial charge in [0, 0.05) is 24.7 Å². The summed E-state index contributed by atoms with van der Waals surface area (Å²) in [5.74, 6) is 2.67. The van der Waals surface area contributed by atoms with Crippen LogP contribution in [0, 0.1) is 17.8 Å². The number of rotatable bonds is 5. The SMILES string of the molecule is CCCNC1CCC(CC)CC1N1CC(C)CC(C)C1C. The van der Waals surface area contributed by atoms with Crippen LogP contribution in [0.5, 0.6) is 0 Å². The lowest BCUT2D eigenvalue weighted by atomic mass is 9.77. The highest BCUT2D eigenvalue weighted by molar-refractivity contribution is 4.95. The number of hydrogen-bond acceptors (Lipinski definition) is 2. The molecule has 0 aromatic rings. The standard InChI is InChI=1S/C19H38N2/c1-6-10-20-18-9-8-17(7-2)12-19(18)21-13-14(3)11-15(4)16(21)5/h14-20H,6-13H2,1-5H3. The van der Waals surface area contributed by atoms with E-state index in [0.717, 1.165) is 35.9 Å². The van der Waals surface area contributed by atoms with E-state index in [1.54, 1.807) is 0 Å². The molecule has 0 radical (unpaired) electrons. The van der Waals surface area contributed by atoms with Crippen LogP contribution in [0.15, 0.2) is 0 Å². The summed E-state index contributed by atoms with van der Waals surface area (Å²) in [6.45, 7) is 14.6. The Labute approximate surface area is 133 Å². The second-order valence-corrected chi connectivity index (χ2v) is 7.97. The van der Waals surface area contributed by atoms with Crippen LogP contribution in [-0.2, 0) is 0 Å². The van der Waals surface area contributed by atoms with Crippen LogP contribution in [0.25, 0.3) is 0 Å². The molecule has 0 spiro atoms. The van der Waals surface area contributed by atoms with Gasteiger partial charge in [-0.25, -0.2) is 0 Å². The third kappa shape index (κ3) is 4.22. The van der Waals surface area contributed by atoms with Gasteiger partial charge in [-0.05, 0) is 63.3 Å². The van der Waals surface area contributed by atoms with Gasteiger partial charge < -0.3 is 5.32 Å². The van der Waals surface area contributed by atoms with Crippen LogP contribution < -0.4 is 5.32 Å². The molecule has 1 N–H and O–H groups in total. The van der Waals surface area contributed by atoms with Gasteiger partial charge in [0.15, 0.2) is 0 Å². The topological polar surface area (TPSA) is 15.3 Å². The lowest BCUT2D eigenvalue weighted by Gasteiger charge is -2.50. The zero-order valence-corrected chi connectivity index (χ0v) is 15.1. The minimum Gasteiger partial charge on any atom is -0.312 e. The largest absolute Gasteiger partial charge is 0.312 e. The maximum absolute atomic E-state index is 3.87. The van der Waals surface area contributed by atoms with Crippen LogP contribution >= 0.6 is 0 Å². The molecule has 1 saturated carbocycles. The van der Waals surface area contributed by atoms with Gasteiger partial charge in [0.2, 0.25) is 0 Å². The maximum Gasteiger partial charge on any atom is 0.0255 e. The van der Waals surface area contributed by atoms with Crippen molar-refractivity contribution in [2.24, 2.45) is 17.8 Å². The molecule has 0 amide bonds. The summed E-state index contributed by atoms with van der Waals surface area (Å²) >= 11 is 0. The lowest BCUT2D eigenvalue weighted by molar-refractivity contribution is 0.000766. The van der Waals surface area contributed by atoms with Crippen molar-refractivity contribution in [1.29, 1.82) is 0 Å². The zero-order chi connectivity index (χ0) is 15.4. The van der Waals surface area contributed by atoms with Crippen molar-refractivity contribution in [1.82, 2.24) is 10.2 Å². The Hall–Kier alpha value is -0.0800. The van der Waals surface area contributed by atoms with Crippen molar-refractivity contribution >= 4 is 0 Å². The third-order valence-corrected chi connectivity index (χ3v) is 6.23. The molecule has 1 aliphatic carbocycles. The molecule has 0 aromatic heterocycles. The molecular formula is C19H38N2. The van der Waals surface area contributed by atoms with Gasteiger partial charge in [-0.15, -0.1) is 0 Å². The molecule has 0 bridgehead atoms. The summed E-state index contributed by atoms with van der Waals surface area (Å²) in [6, 6.07) is 2.26. The van der Waals surface area contributed by atoms with E-state index in [9.17, 15) is 0 Å². The van der Waals surface area contributed by atoms with Crippen molar-refractivity contribution < 1.29 is 0 Å². The van der Waals surface area contributed by atoms with E-state index in [1.165, 1.54) is 51.6 Å². The van der Waals surface area contributed by atoms with Gasteiger partial charge in [-0.1, -0.05) is 34.1 Å². The molecule has 2 aliphatic rings. The van der Waals surface area contributed by atoms with E-state index < -0.39 is 0 Å². The van der Waals surface area contributed by atoms with Crippen molar-refractivity contribution in [2.75, 3.05) is 13.1 Å². The number of nitrogens with zero attached hydrogens (tertiary/aromatic N) is 1. The molecule has 6 unspecified atom stereocenters. The summed E-state index contributed by atoms with van der Waals surface area (Å²) in [5, 5.41) is 3.87. The highest BCUT2D eigenvalue weighted by Gasteiger charge is 2.39. The predicted octanol–water partition coefficient (Wildman–Crippen LogP) is 4.30. The van der Waals surface area contributed by atoms with Crippen LogP contribution in [0.4, 0.5) is 0 Å². The minimum atomic E-state index is 0.729. The predicted molar refractivity (Wildman–Crippen MR) is 92.6 cm³/mol. The second kappa shape index (κ2) is 7.97. The number of piperidine rings is 1. The number of hydrogen-bond donors (Lipinski definition) is 1. The molecule has 1 heterocycles. The Bertz CT molecular complexity index is 304. The van der Waals surface area contributed by atoms with Crippen LogP contribution in [0.3, 0.4) is 0 Å². The average Bonchev–Trinajstić information content (AvgIpc) is 2.48. The van der Waals surface area contributed by atoms with E-state index in [0.29, 0.717) is 0 Å². The number of likely N-dealkylation sites (tertiary alicyclic amines) is 1. The average molecular weight is 295 g/mol. The second-order valence-electron chi connectivity index (χ2n) is 7.97. The van der Waals surface area contributed by atoms with E-state index in [-0.39, 0.29) is 0 Å². The Balaban J connectivity index is 2.09. The monoisotopic (exact) mass is 294 g/mol. The smallest absolute Gasteiger partial charge is 0.0255 e. The molecule has 1 aliphatic heterocycles. The Morgan fingerprint density at radius 3 is 2.48 bits per heavy atom. The Morgan fingerprint density at radius 2 is 1.81 bits per heavy atom. The van der Waals surface area contributed by atoms with Gasteiger partial charge >= 0.3 is 0 Å². The molecule has 2 nitrogen and oxygen atoms in total. The van der Waals surface area contributed by atoms with Gasteiger partial charge in [-0.2, -0.15) is 0 Å². The normalized spacial score (nSPS) is 42.1. The van der Waals surface area contributed by atoms with E-state index in [1.807, 2.05) is 0 Å². The zero-order valence-electron chi connectivity index (χ0n) is 15.1. The Kier molecular flexibility index (Phi) is 6.55. The summed E-state index contributed by atoms with van der Waals surface area (Å²) in [7, 11) is 0. The van der Waals surface area contributed by atoms with Gasteiger partial charge in [0.25, 0.3) is 0 Å². The van der Waals surface area contributed by atoms with Crippen LogP contribution in [0.2, 0.25) is 0 Å². The summed E-state index contributed by atoms with van der Waals surface area (Å²) in [6.07, 6.45) is 8.26. The fourth-order valence-corrected chi connectivity index (χ4v) is 4.73. The van der Waals surface area contributed by atoms with Gasteiger partial charge in [0.1, 0.15) is 0 Å². The van der Waals surface area contributed by atoms with Crippen molar-refractivity contribution in [3.8, 4) is 0 Å². The fraction of sp³-hybridized carbons (Fsp3) is 1.00. The van der Waals surface area contributed by atoms with Gasteiger partial charge in [-0.3, -0.25) is 4.90 Å². The molecule has 21 heavy (non-hydrogen) atoms. The number of nitrogens with one attached hydrogen (secondary N) is 1. The highest BCUT2D eigenvalue weighted by atomic mass is 15.2. The van der Waals surface area contributed by atoms with Crippen molar-refractivity contribution in [2.45, 2.75) is 91.3 Å². The fourth-order valence-electron chi connectivity index (χ4n) is 4.73. The third-order valence-electron chi connectivity index (χ3n) is 6.23. The first kappa shape index (κ1) is 17.3. The van der Waals surface area contributed by atoms with Crippen molar-refractivity contribution in [3.05, 3.63) is 0 Å². The lowest BCUT2D eigenvalue weighted by Crippen LogP contribution is -2.59. The first-order valence-corrected chi connectivity index (χ1v) is 9.55. The molecule has 1 saturated heterocycles. The highest BCUT2D eigenvalue weighted by Crippen LogP contribution is 2.36. The molecule has 0 aromatic carbocycles. The van der Waals surface area contributed by atoms with Crippen molar-refractivity contribution in [3.63, 3.8) is 0 Å². The first-order chi connectivity index (χ1) is 10.1. The molecule has 2 heteroatoms. The van der Waals surface area contributed by atoms with Gasteiger partial charge in [0.05, 0.1) is 0 Å². The van der Waals surface area contributed by atoms with Crippen LogP contribution in [-0.4, -0.2) is 36.1 Å². The molecule has 2 rings (SSSR count). The molecule has 2 fully saturated rings. The quantitative estimate of drug-likeness (QED) is 0.813. The first-order valence-electron chi connectivity index (χ1n) is 9.55.